The Labute approximate surface area is 154 Å². The van der Waals surface area contributed by atoms with Gasteiger partial charge in [-0.15, -0.1) is 0 Å². The molecule has 1 N–H and O–H groups in total. The van der Waals surface area contributed by atoms with Crippen LogP contribution in [0.5, 0.6) is 11.5 Å². The number of halogens is 1. The summed E-state index contributed by atoms with van der Waals surface area (Å²) in [6.45, 7) is 1.51. The maximum absolute atomic E-state index is 13.4. The van der Waals surface area contributed by atoms with Gasteiger partial charge in [-0.3, -0.25) is 4.79 Å². The molecule has 5 rings (SSSR count). The van der Waals surface area contributed by atoms with Gasteiger partial charge in [-0.2, -0.15) is 0 Å². The summed E-state index contributed by atoms with van der Waals surface area (Å²) in [6.07, 6.45) is 1.64. The van der Waals surface area contributed by atoms with Crippen LogP contribution in [0.3, 0.4) is 0 Å². The molecule has 0 spiro atoms. The normalized spacial score (nSPS) is 16.9. The van der Waals surface area contributed by atoms with Crippen LogP contribution in [0.2, 0.25) is 0 Å². The molecule has 2 aromatic carbocycles. The Morgan fingerprint density at radius 1 is 1.11 bits per heavy atom. The largest absolute Gasteiger partial charge is 0.454 e. The van der Waals surface area contributed by atoms with Crippen molar-refractivity contribution in [2.75, 3.05) is 19.9 Å². The standard InChI is InChI=1S/C20H18FN3O3/c21-14-2-3-15-16(10-14)23-19(22-15)12-5-7-24(8-6-12)20(25)13-1-4-17-18(9-13)27-11-26-17/h1-4,9-10,12H,5-8,11H2,(H,22,23). The van der Waals surface area contributed by atoms with E-state index >= 15 is 0 Å². The average molecular weight is 367 g/mol. The summed E-state index contributed by atoms with van der Waals surface area (Å²) >= 11 is 0. The minimum Gasteiger partial charge on any atom is -0.454 e. The second-order valence-corrected chi connectivity index (χ2v) is 6.92. The van der Waals surface area contributed by atoms with Crippen molar-refractivity contribution >= 4 is 16.9 Å². The van der Waals surface area contributed by atoms with E-state index in [0.717, 1.165) is 24.2 Å². The number of amides is 1. The van der Waals surface area contributed by atoms with Gasteiger partial charge < -0.3 is 19.4 Å². The Hall–Kier alpha value is -3.09. The minimum atomic E-state index is -0.276. The van der Waals surface area contributed by atoms with E-state index < -0.39 is 0 Å². The molecule has 1 amide bonds. The fourth-order valence-corrected chi connectivity index (χ4v) is 3.76. The van der Waals surface area contributed by atoms with Gasteiger partial charge in [0.25, 0.3) is 5.91 Å². The molecular formula is C20H18FN3O3. The highest BCUT2D eigenvalue weighted by molar-refractivity contribution is 5.95. The van der Waals surface area contributed by atoms with Gasteiger partial charge in [0.15, 0.2) is 11.5 Å². The van der Waals surface area contributed by atoms with Crippen molar-refractivity contribution in [2.24, 2.45) is 0 Å². The van der Waals surface area contributed by atoms with Gasteiger partial charge in [-0.1, -0.05) is 0 Å². The summed E-state index contributed by atoms with van der Waals surface area (Å²) < 4.78 is 24.0. The first-order valence-electron chi connectivity index (χ1n) is 9.01. The average Bonchev–Trinajstić information content (AvgIpc) is 3.33. The molecular weight excluding hydrogens is 349 g/mol. The summed E-state index contributed by atoms with van der Waals surface area (Å²) in [5, 5.41) is 0. The number of aromatic amines is 1. The number of carbonyl (C=O) groups is 1. The zero-order valence-corrected chi connectivity index (χ0v) is 14.6. The summed E-state index contributed by atoms with van der Waals surface area (Å²) in [6, 6.07) is 9.85. The van der Waals surface area contributed by atoms with Gasteiger partial charge in [0.1, 0.15) is 11.6 Å². The molecule has 6 nitrogen and oxygen atoms in total. The molecule has 3 aromatic rings. The van der Waals surface area contributed by atoms with Gasteiger partial charge in [0, 0.05) is 24.6 Å². The maximum Gasteiger partial charge on any atom is 0.253 e. The highest BCUT2D eigenvalue weighted by atomic mass is 19.1. The second kappa shape index (κ2) is 6.26. The molecule has 0 saturated carbocycles. The Bertz CT molecular complexity index is 1020. The van der Waals surface area contributed by atoms with Crippen LogP contribution in [-0.2, 0) is 0 Å². The number of ether oxygens (including phenoxy) is 2. The first-order valence-corrected chi connectivity index (χ1v) is 9.01. The number of rotatable bonds is 2. The molecule has 0 unspecified atom stereocenters. The highest BCUT2D eigenvalue weighted by Crippen LogP contribution is 2.34. The number of hydrogen-bond donors (Lipinski definition) is 1. The van der Waals surface area contributed by atoms with Crippen LogP contribution in [0.1, 0.15) is 34.9 Å². The van der Waals surface area contributed by atoms with Crippen molar-refractivity contribution in [1.29, 1.82) is 0 Å². The smallest absolute Gasteiger partial charge is 0.253 e. The predicted molar refractivity (Wildman–Crippen MR) is 96.5 cm³/mol. The van der Waals surface area contributed by atoms with Gasteiger partial charge >= 0.3 is 0 Å². The number of piperidine rings is 1. The van der Waals surface area contributed by atoms with Crippen molar-refractivity contribution in [3.63, 3.8) is 0 Å². The van der Waals surface area contributed by atoms with Gasteiger partial charge in [0.2, 0.25) is 6.79 Å². The molecule has 0 atom stereocenters. The van der Waals surface area contributed by atoms with Crippen molar-refractivity contribution in [3.8, 4) is 11.5 Å². The number of likely N-dealkylation sites (tertiary alicyclic amines) is 1. The fourth-order valence-electron chi connectivity index (χ4n) is 3.76. The highest BCUT2D eigenvalue weighted by Gasteiger charge is 2.27. The van der Waals surface area contributed by atoms with E-state index in [1.807, 2.05) is 4.90 Å². The van der Waals surface area contributed by atoms with E-state index in [1.165, 1.54) is 12.1 Å². The van der Waals surface area contributed by atoms with Crippen molar-refractivity contribution in [2.45, 2.75) is 18.8 Å². The van der Waals surface area contributed by atoms with Crippen molar-refractivity contribution in [1.82, 2.24) is 14.9 Å². The summed E-state index contributed by atoms with van der Waals surface area (Å²) in [7, 11) is 0. The number of nitrogens with zero attached hydrogens (tertiary/aromatic N) is 2. The third-order valence-electron chi connectivity index (χ3n) is 5.25. The van der Waals surface area contributed by atoms with Gasteiger partial charge in [0.05, 0.1) is 11.0 Å². The van der Waals surface area contributed by atoms with Crippen LogP contribution in [-0.4, -0.2) is 40.7 Å². The number of aromatic nitrogens is 2. The Morgan fingerprint density at radius 3 is 2.78 bits per heavy atom. The molecule has 1 saturated heterocycles. The third-order valence-corrected chi connectivity index (χ3v) is 5.25. The number of carbonyl (C=O) groups excluding carboxylic acids is 1. The Kier molecular flexibility index (Phi) is 3.74. The lowest BCUT2D eigenvalue weighted by Gasteiger charge is -2.31. The van der Waals surface area contributed by atoms with E-state index in [2.05, 4.69) is 9.97 Å². The number of nitrogens with one attached hydrogen (secondary N) is 1. The number of imidazole rings is 1. The molecule has 7 heteroatoms. The SMILES string of the molecule is O=C(c1ccc2c(c1)OCO2)N1CCC(c2nc3ccc(F)cc3[nH]2)CC1. The number of hydrogen-bond acceptors (Lipinski definition) is 4. The summed E-state index contributed by atoms with van der Waals surface area (Å²) in [5.41, 5.74) is 2.09. The predicted octanol–water partition coefficient (Wildman–Crippen LogP) is 3.45. The van der Waals surface area contributed by atoms with E-state index in [1.54, 1.807) is 24.3 Å². The molecule has 3 heterocycles. The monoisotopic (exact) mass is 367 g/mol. The molecule has 138 valence electrons. The quantitative estimate of drug-likeness (QED) is 0.753. The van der Waals surface area contributed by atoms with Gasteiger partial charge in [-0.25, -0.2) is 9.37 Å². The Morgan fingerprint density at radius 2 is 1.93 bits per heavy atom. The van der Waals surface area contributed by atoms with E-state index in [9.17, 15) is 9.18 Å². The molecule has 0 bridgehead atoms. The summed E-state index contributed by atoms with van der Waals surface area (Å²) in [5.74, 6) is 2.11. The van der Waals surface area contributed by atoms with Crippen molar-refractivity contribution in [3.05, 3.63) is 53.6 Å². The fraction of sp³-hybridized carbons (Fsp3) is 0.300. The van der Waals surface area contributed by atoms with E-state index in [-0.39, 0.29) is 24.4 Å². The molecule has 0 radical (unpaired) electrons. The van der Waals surface area contributed by atoms with Crippen LogP contribution in [0.15, 0.2) is 36.4 Å². The number of fused-ring (bicyclic) bond motifs is 2. The second-order valence-electron chi connectivity index (χ2n) is 6.92. The van der Waals surface area contributed by atoms with Crippen LogP contribution in [0.25, 0.3) is 11.0 Å². The topological polar surface area (TPSA) is 67.5 Å². The van der Waals surface area contributed by atoms with Crippen LogP contribution in [0, 0.1) is 5.82 Å². The van der Waals surface area contributed by atoms with Crippen LogP contribution in [0.4, 0.5) is 4.39 Å². The molecule has 2 aliphatic heterocycles. The first kappa shape index (κ1) is 16.1. The molecule has 1 fully saturated rings. The van der Waals surface area contributed by atoms with Gasteiger partial charge in [-0.05, 0) is 49.2 Å². The lowest BCUT2D eigenvalue weighted by atomic mass is 9.95. The molecule has 2 aliphatic rings. The van der Waals surface area contributed by atoms with E-state index in [4.69, 9.17) is 9.47 Å². The molecule has 1 aromatic heterocycles. The zero-order chi connectivity index (χ0) is 18.4. The zero-order valence-electron chi connectivity index (χ0n) is 14.6. The molecule has 27 heavy (non-hydrogen) atoms. The minimum absolute atomic E-state index is 0.00146. The maximum atomic E-state index is 13.4. The number of benzene rings is 2. The van der Waals surface area contributed by atoms with Crippen LogP contribution >= 0.6 is 0 Å². The lowest BCUT2D eigenvalue weighted by molar-refractivity contribution is 0.0711. The molecule has 0 aliphatic carbocycles. The Balaban J connectivity index is 1.28. The number of H-pyrrole nitrogens is 1. The van der Waals surface area contributed by atoms with E-state index in [0.29, 0.717) is 35.7 Å². The van der Waals surface area contributed by atoms with Crippen LogP contribution < -0.4 is 9.47 Å². The third kappa shape index (κ3) is 2.89. The van der Waals surface area contributed by atoms with Crippen molar-refractivity contribution < 1.29 is 18.7 Å². The lowest BCUT2D eigenvalue weighted by Crippen LogP contribution is -2.38. The summed E-state index contributed by atoms with van der Waals surface area (Å²) in [4.78, 5) is 22.5. The first-order chi connectivity index (χ1) is 13.2.